The maximum atomic E-state index is 15.1. The Balaban J connectivity index is 1.86. The van der Waals surface area contributed by atoms with E-state index in [-0.39, 0.29) is 76.0 Å². The summed E-state index contributed by atoms with van der Waals surface area (Å²) in [6, 6.07) is 4.22. The monoisotopic (exact) mass is 1060 g/mol. The van der Waals surface area contributed by atoms with Gasteiger partial charge in [-0.05, 0) is 74.6 Å². The van der Waals surface area contributed by atoms with Gasteiger partial charge >= 0.3 is 11.9 Å². The molecule has 0 aromatic heterocycles. The van der Waals surface area contributed by atoms with Crippen LogP contribution in [-0.4, -0.2) is 155 Å². The van der Waals surface area contributed by atoms with Crippen LogP contribution in [0.4, 0.5) is 0 Å². The van der Waals surface area contributed by atoms with Crippen molar-refractivity contribution in [3.63, 3.8) is 0 Å². The highest BCUT2D eigenvalue weighted by Gasteiger charge is 2.46. The lowest BCUT2D eigenvalue weighted by atomic mass is 9.95. The van der Waals surface area contributed by atoms with Crippen molar-refractivity contribution in [2.75, 3.05) is 20.7 Å². The third-order valence-electron chi connectivity index (χ3n) is 13.5. The van der Waals surface area contributed by atoms with Crippen molar-refractivity contribution in [1.82, 2.24) is 36.4 Å². The van der Waals surface area contributed by atoms with Crippen molar-refractivity contribution in [3.8, 4) is 5.75 Å². The summed E-state index contributed by atoms with van der Waals surface area (Å²) in [5, 5.41) is 35.0. The molecule has 11 N–H and O–H groups in total. The van der Waals surface area contributed by atoms with E-state index in [4.69, 9.17) is 20.9 Å². The predicted molar refractivity (Wildman–Crippen MR) is 279 cm³/mol. The number of nitrogens with zero attached hydrogens (tertiary/aromatic N) is 3. The zero-order valence-electron chi connectivity index (χ0n) is 44.5. The summed E-state index contributed by atoms with van der Waals surface area (Å²) in [6.45, 7) is 6.58. The SMILES string of the molecule is CCCCCCCC(=O)N[C@@H](CCC(=O)OC)C(=O)N[C@@H]1C(=O)N[C@@H](CCCN=C(N)N)C(=O)N[C@H]2CC[C@@H](O)N(C2=O)[C@@H](Cc2ccccc2)C(=O)N(C)[C@@H](Cc2ccc(O)cc2)C(=O)N[C@@H](C(C)C)C(=O)O[C@@H]1C. The van der Waals surface area contributed by atoms with Crippen molar-refractivity contribution in [1.29, 1.82) is 0 Å². The summed E-state index contributed by atoms with van der Waals surface area (Å²) in [4.78, 5) is 134. The van der Waals surface area contributed by atoms with Gasteiger partial charge in [0.15, 0.2) is 5.96 Å². The van der Waals surface area contributed by atoms with E-state index in [0.717, 1.165) is 42.6 Å². The van der Waals surface area contributed by atoms with E-state index in [9.17, 15) is 48.6 Å². The maximum Gasteiger partial charge on any atom is 0.329 e. The minimum absolute atomic E-state index is 0.00547. The molecular formula is C53H78N10O13. The van der Waals surface area contributed by atoms with Gasteiger partial charge in [0, 0.05) is 39.3 Å². The number of rotatable bonds is 21. The number of benzene rings is 2. The molecule has 0 aliphatic carbocycles. The van der Waals surface area contributed by atoms with Crippen LogP contribution in [-0.2, 0) is 65.5 Å². The summed E-state index contributed by atoms with van der Waals surface area (Å²) < 4.78 is 10.7. The molecular weight excluding hydrogens is 985 g/mol. The molecule has 2 fully saturated rings. The fourth-order valence-electron chi connectivity index (χ4n) is 9.01. The molecule has 2 saturated heterocycles. The van der Waals surface area contributed by atoms with Crippen molar-refractivity contribution in [2.24, 2.45) is 22.4 Å². The van der Waals surface area contributed by atoms with Gasteiger partial charge < -0.3 is 67.5 Å². The highest BCUT2D eigenvalue weighted by Crippen LogP contribution is 2.26. The van der Waals surface area contributed by atoms with Crippen LogP contribution in [0.2, 0.25) is 0 Å². The van der Waals surface area contributed by atoms with Crippen LogP contribution < -0.4 is 38.1 Å². The van der Waals surface area contributed by atoms with E-state index in [2.05, 4.69) is 38.5 Å². The molecule has 2 aliphatic heterocycles. The molecule has 4 rings (SSSR count). The molecule has 76 heavy (non-hydrogen) atoms. The first kappa shape index (κ1) is 61.2. The number of amides is 7. The Hall–Kier alpha value is -7.30. The fraction of sp³-hybridized carbons (Fsp3) is 0.585. The molecule has 0 unspecified atom stereocenters. The molecule has 2 aromatic rings. The first-order valence-electron chi connectivity index (χ1n) is 26.1. The average Bonchev–Trinajstić information content (AvgIpc) is 3.38. The number of methoxy groups -OCH3 is 1. The van der Waals surface area contributed by atoms with E-state index >= 15 is 4.79 Å². The predicted octanol–water partition coefficient (Wildman–Crippen LogP) is 0.706. The van der Waals surface area contributed by atoms with Crippen LogP contribution >= 0.6 is 0 Å². The number of phenolic OH excluding ortho intramolecular Hbond substituents is 1. The van der Waals surface area contributed by atoms with Gasteiger partial charge in [0.25, 0.3) is 0 Å². The van der Waals surface area contributed by atoms with Crippen molar-refractivity contribution in [2.45, 2.75) is 172 Å². The average molecular weight is 1060 g/mol. The molecule has 2 aromatic carbocycles. The van der Waals surface area contributed by atoms with Gasteiger partial charge in [0.1, 0.15) is 60.4 Å². The highest BCUT2D eigenvalue weighted by molar-refractivity contribution is 5.98. The number of esters is 2. The highest BCUT2D eigenvalue weighted by atomic mass is 16.5. The smallest absolute Gasteiger partial charge is 0.329 e. The molecule has 23 nitrogen and oxygen atoms in total. The number of likely N-dealkylation sites (N-methyl/N-ethyl adjacent to an activating group) is 1. The Bertz CT molecular complexity index is 2330. The molecule has 0 spiro atoms. The first-order chi connectivity index (χ1) is 36.1. The number of piperidine rings is 1. The third-order valence-corrected chi connectivity index (χ3v) is 13.5. The summed E-state index contributed by atoms with van der Waals surface area (Å²) >= 11 is 0. The Labute approximate surface area is 444 Å². The molecule has 2 heterocycles. The van der Waals surface area contributed by atoms with E-state index < -0.39 is 114 Å². The number of guanidine groups is 1. The molecule has 0 radical (unpaired) electrons. The number of carbonyl (C=O) groups excluding carboxylic acids is 9. The zero-order chi connectivity index (χ0) is 56.1. The number of fused-ring (bicyclic) bond motifs is 2. The van der Waals surface area contributed by atoms with Gasteiger partial charge in [0.2, 0.25) is 41.4 Å². The van der Waals surface area contributed by atoms with Crippen LogP contribution in [0.1, 0.15) is 116 Å². The van der Waals surface area contributed by atoms with Crippen LogP contribution in [0.5, 0.6) is 5.75 Å². The molecule has 9 atom stereocenters. The largest absolute Gasteiger partial charge is 0.508 e. The number of unbranched alkanes of at least 4 members (excludes halogenated alkanes) is 4. The Morgan fingerprint density at radius 2 is 1.49 bits per heavy atom. The second kappa shape index (κ2) is 30.3. The van der Waals surface area contributed by atoms with Crippen LogP contribution in [0.15, 0.2) is 59.6 Å². The second-order valence-electron chi connectivity index (χ2n) is 19.7. The number of hydrogen-bond acceptors (Lipinski definition) is 14. The minimum atomic E-state index is -1.81. The van der Waals surface area contributed by atoms with Crippen LogP contribution in [0, 0.1) is 5.92 Å². The van der Waals surface area contributed by atoms with Crippen molar-refractivity contribution < 1.29 is 62.8 Å². The van der Waals surface area contributed by atoms with Gasteiger partial charge in [-0.2, -0.15) is 0 Å². The van der Waals surface area contributed by atoms with Crippen molar-refractivity contribution >= 4 is 59.2 Å². The number of aromatic hydroxyl groups is 1. The summed E-state index contributed by atoms with van der Waals surface area (Å²) in [6.07, 6.45) is 0.0365. The second-order valence-corrected chi connectivity index (χ2v) is 19.7. The Morgan fingerprint density at radius 1 is 0.829 bits per heavy atom. The van der Waals surface area contributed by atoms with Crippen LogP contribution in [0.25, 0.3) is 0 Å². The van der Waals surface area contributed by atoms with E-state index in [1.807, 2.05) is 0 Å². The number of carbonyl (C=O) groups is 9. The summed E-state index contributed by atoms with van der Waals surface area (Å²) in [7, 11) is 2.51. The van der Waals surface area contributed by atoms with E-state index in [0.29, 0.717) is 17.5 Å². The minimum Gasteiger partial charge on any atom is -0.508 e. The lowest BCUT2D eigenvalue weighted by Crippen LogP contribution is -2.65. The standard InChI is InChI=1S/C53H78N10O13/c1-7-8-9-10-14-19-41(65)57-37(25-27-43(67)75-6)47(69)61-45-32(4)76-52(74)44(31(2)3)60-48(70)39(29-34-20-22-35(64)23-21-34)62(5)51(73)40(30-33-16-12-11-13-17-33)63-42(66)26-24-38(50(63)72)59-46(68)36(58-49(45)71)18-15-28-56-53(54)55/h11-13,16-17,20-23,31-32,36-40,42,44-45,64,66H,7-10,14-15,18-19,24-30H2,1-6H3,(H,57,65)(H,58,71)(H,59,68)(H,60,70)(H,61,69)(H4,54,55,56)/t32-,36+,37+,38+,39+,40+,42-,44+,45+/m1/s1. The first-order valence-corrected chi connectivity index (χ1v) is 26.1. The molecule has 2 aliphatic rings. The Morgan fingerprint density at radius 3 is 2.13 bits per heavy atom. The van der Waals surface area contributed by atoms with Gasteiger partial charge in [0.05, 0.1) is 7.11 Å². The normalized spacial score (nSPS) is 23.4. The summed E-state index contributed by atoms with van der Waals surface area (Å²) in [5.41, 5.74) is 12.2. The number of phenols is 1. The van der Waals surface area contributed by atoms with Crippen LogP contribution in [0.3, 0.4) is 0 Å². The zero-order valence-corrected chi connectivity index (χ0v) is 44.5. The molecule has 418 valence electrons. The van der Waals surface area contributed by atoms with Gasteiger partial charge in [-0.3, -0.25) is 43.3 Å². The number of cyclic esters (lactones) is 1. The van der Waals surface area contributed by atoms with Crippen molar-refractivity contribution in [3.05, 3.63) is 65.7 Å². The fourth-order valence-corrected chi connectivity index (χ4v) is 9.01. The number of hydrogen-bond donors (Lipinski definition) is 9. The lowest BCUT2D eigenvalue weighted by Gasteiger charge is -2.43. The third kappa shape index (κ3) is 18.5. The number of aliphatic imine (C=N–C) groups is 1. The van der Waals surface area contributed by atoms with Gasteiger partial charge in [-0.15, -0.1) is 0 Å². The molecule has 2 bridgehead atoms. The topological polar surface area (TPSA) is 344 Å². The molecule has 23 heteroatoms. The lowest BCUT2D eigenvalue weighted by molar-refractivity contribution is -0.165. The van der Waals surface area contributed by atoms with Gasteiger partial charge in [-0.25, -0.2) is 4.79 Å². The quantitative estimate of drug-likeness (QED) is 0.0360. The number of nitrogens with one attached hydrogen (secondary N) is 5. The van der Waals surface area contributed by atoms with E-state index in [1.165, 1.54) is 26.1 Å². The number of ether oxygens (including phenoxy) is 2. The van der Waals surface area contributed by atoms with E-state index in [1.54, 1.807) is 56.3 Å². The molecule has 7 amide bonds. The molecule has 0 saturated carbocycles. The number of nitrogens with two attached hydrogens (primary N) is 2. The number of aliphatic hydroxyl groups excluding tert-OH is 1. The summed E-state index contributed by atoms with van der Waals surface area (Å²) in [5.74, 6) is -8.56. The maximum absolute atomic E-state index is 15.1. The Kier molecular flexibility index (Phi) is 24.4. The number of aliphatic hydroxyl groups is 1. The van der Waals surface area contributed by atoms with Gasteiger partial charge in [-0.1, -0.05) is 88.9 Å².